The Kier molecular flexibility index (Phi) is 10.7. The van der Waals surface area contributed by atoms with E-state index in [9.17, 15) is 0 Å². The Balaban J connectivity index is 0.00000220. The number of benzene rings is 2. The summed E-state index contributed by atoms with van der Waals surface area (Å²) in [4.78, 5) is 4.72. The summed E-state index contributed by atoms with van der Waals surface area (Å²) in [6.07, 6.45) is 3.92. The third-order valence-electron chi connectivity index (χ3n) is 6.34. The first-order valence-electron chi connectivity index (χ1n) is 12.1. The van der Waals surface area contributed by atoms with Gasteiger partial charge in [0.1, 0.15) is 12.4 Å². The number of azo groups is 2. The van der Waals surface area contributed by atoms with Crippen molar-refractivity contribution in [2.24, 2.45) is 34.6 Å². The van der Waals surface area contributed by atoms with Gasteiger partial charge in [0.25, 0.3) is 0 Å². The summed E-state index contributed by atoms with van der Waals surface area (Å²) in [5.74, 6) is 1.41. The molecule has 1 saturated heterocycles. The number of methoxy groups -OCH3 is 2. The normalized spacial score (nSPS) is 13.4. The minimum absolute atomic E-state index is 0. The van der Waals surface area contributed by atoms with Crippen molar-refractivity contribution < 1.29 is 18.6 Å². The highest BCUT2D eigenvalue weighted by Crippen LogP contribution is 2.36. The molecule has 3 heterocycles. The fourth-order valence-corrected chi connectivity index (χ4v) is 5.52. The largest absolute Gasteiger partial charge is 0.494 e. The third kappa shape index (κ3) is 6.80. The lowest BCUT2D eigenvalue weighted by atomic mass is 10.2. The van der Waals surface area contributed by atoms with Crippen molar-refractivity contribution in [1.82, 2.24) is 0 Å². The van der Waals surface area contributed by atoms with Crippen LogP contribution < -0.4 is 28.4 Å². The molecular formula is C28H36N8O2S2. The van der Waals surface area contributed by atoms with Gasteiger partial charge in [0, 0.05) is 60.4 Å². The number of piperazine rings is 1. The smallest absolute Gasteiger partial charge is 0.408 e. The number of nitrogens with zero attached hydrogens (tertiary/aromatic N) is 8. The van der Waals surface area contributed by atoms with Crippen molar-refractivity contribution in [2.45, 2.75) is 0 Å². The first-order valence-corrected chi connectivity index (χ1v) is 13.9. The van der Waals surface area contributed by atoms with Crippen molar-refractivity contribution in [3.05, 3.63) is 74.4 Å². The van der Waals surface area contributed by atoms with E-state index >= 15 is 0 Å². The van der Waals surface area contributed by atoms with E-state index in [0.29, 0.717) is 22.9 Å². The van der Waals surface area contributed by atoms with Crippen LogP contribution in [0.4, 0.5) is 33.0 Å². The SMILES string of the molecule is COc1cc(N2CCN(c3ccc(N=Nc4scc[n+]4C)c(OC)c3)CC2)ccc1N=Nc1scc[n+]1C.[CH3-].[CH3-]. The highest BCUT2D eigenvalue weighted by molar-refractivity contribution is 7.13. The van der Waals surface area contributed by atoms with Crippen molar-refractivity contribution >= 4 is 55.7 Å². The van der Waals surface area contributed by atoms with Crippen LogP contribution in [-0.2, 0) is 14.1 Å². The predicted octanol–water partition coefficient (Wildman–Crippen LogP) is 6.53. The summed E-state index contributed by atoms with van der Waals surface area (Å²) in [6, 6.07) is 12.2. The molecule has 5 rings (SSSR count). The molecule has 0 radical (unpaired) electrons. The Morgan fingerprint density at radius 2 is 1.05 bits per heavy atom. The van der Waals surface area contributed by atoms with Crippen molar-refractivity contribution in [3.8, 4) is 11.5 Å². The lowest BCUT2D eigenvalue weighted by molar-refractivity contribution is -0.654. The molecule has 0 atom stereocenters. The topological polar surface area (TPSA) is 82.1 Å². The molecule has 2 aromatic heterocycles. The van der Waals surface area contributed by atoms with Crippen LogP contribution >= 0.6 is 22.7 Å². The predicted molar refractivity (Wildman–Crippen MR) is 163 cm³/mol. The average Bonchev–Trinajstić information content (AvgIpc) is 3.57. The van der Waals surface area contributed by atoms with E-state index in [4.69, 9.17) is 9.47 Å². The van der Waals surface area contributed by atoms with Crippen LogP contribution in [0.1, 0.15) is 0 Å². The van der Waals surface area contributed by atoms with Crippen LogP contribution in [0.25, 0.3) is 0 Å². The minimum atomic E-state index is 0. The van der Waals surface area contributed by atoms with E-state index in [0.717, 1.165) is 47.8 Å². The van der Waals surface area contributed by atoms with E-state index in [1.807, 2.05) is 70.6 Å². The average molecular weight is 581 g/mol. The summed E-state index contributed by atoms with van der Waals surface area (Å²) >= 11 is 3.08. The second-order valence-corrected chi connectivity index (χ2v) is 10.4. The van der Waals surface area contributed by atoms with Gasteiger partial charge < -0.3 is 34.1 Å². The number of hydrogen-bond acceptors (Lipinski definition) is 10. The number of aromatic nitrogens is 2. The molecule has 1 aliphatic rings. The quantitative estimate of drug-likeness (QED) is 0.135. The molecule has 212 valence electrons. The Labute approximate surface area is 244 Å². The zero-order valence-corrected chi connectivity index (χ0v) is 25.4. The molecule has 40 heavy (non-hydrogen) atoms. The lowest BCUT2D eigenvalue weighted by Gasteiger charge is -2.37. The molecule has 0 amide bonds. The first kappa shape index (κ1) is 30.6. The van der Waals surface area contributed by atoms with Gasteiger partial charge >= 0.3 is 10.3 Å². The Bertz CT molecular complexity index is 1350. The summed E-state index contributed by atoms with van der Waals surface area (Å²) in [5.41, 5.74) is 3.63. The van der Waals surface area contributed by atoms with Gasteiger partial charge in [-0.2, -0.15) is 0 Å². The molecule has 0 unspecified atom stereocenters. The van der Waals surface area contributed by atoms with Crippen molar-refractivity contribution in [2.75, 3.05) is 50.2 Å². The molecule has 0 bridgehead atoms. The van der Waals surface area contributed by atoms with E-state index in [-0.39, 0.29) is 14.9 Å². The molecule has 0 N–H and O–H groups in total. The van der Waals surface area contributed by atoms with Gasteiger partial charge in [0.05, 0.1) is 38.5 Å². The number of hydrogen-bond donors (Lipinski definition) is 0. The van der Waals surface area contributed by atoms with E-state index < -0.39 is 0 Å². The van der Waals surface area contributed by atoms with Crippen LogP contribution in [0.3, 0.4) is 0 Å². The van der Waals surface area contributed by atoms with Crippen LogP contribution in [0.2, 0.25) is 0 Å². The summed E-state index contributed by atoms with van der Waals surface area (Å²) in [5, 5.41) is 23.2. The van der Waals surface area contributed by atoms with E-state index in [1.54, 1.807) is 36.9 Å². The number of anilines is 2. The Hall–Kier alpha value is -3.90. The van der Waals surface area contributed by atoms with Gasteiger partial charge in [0.15, 0.2) is 22.9 Å². The van der Waals surface area contributed by atoms with Gasteiger partial charge in [-0.3, -0.25) is 0 Å². The van der Waals surface area contributed by atoms with Crippen molar-refractivity contribution in [3.63, 3.8) is 0 Å². The van der Waals surface area contributed by atoms with Crippen LogP contribution in [0.5, 0.6) is 11.5 Å². The minimum Gasteiger partial charge on any atom is -0.494 e. The van der Waals surface area contributed by atoms with Gasteiger partial charge in [-0.25, -0.2) is 9.13 Å². The highest BCUT2D eigenvalue weighted by atomic mass is 32.1. The zero-order chi connectivity index (χ0) is 26.5. The molecule has 2 aromatic carbocycles. The summed E-state index contributed by atoms with van der Waals surface area (Å²) in [7, 11) is 7.23. The second-order valence-electron chi connectivity index (χ2n) is 8.68. The highest BCUT2D eigenvalue weighted by Gasteiger charge is 2.21. The summed E-state index contributed by atoms with van der Waals surface area (Å²) in [6.45, 7) is 3.53. The Morgan fingerprint density at radius 3 is 1.38 bits per heavy atom. The van der Waals surface area contributed by atoms with E-state index in [2.05, 4.69) is 42.4 Å². The van der Waals surface area contributed by atoms with Crippen LogP contribution in [0.15, 0.2) is 80.0 Å². The molecule has 10 nitrogen and oxygen atoms in total. The fraction of sp³-hybridized carbons (Fsp3) is 0.286. The monoisotopic (exact) mass is 580 g/mol. The maximum atomic E-state index is 5.63. The molecule has 0 aliphatic carbocycles. The van der Waals surface area contributed by atoms with Gasteiger partial charge in [-0.05, 0) is 57.2 Å². The van der Waals surface area contributed by atoms with Gasteiger partial charge in [0.2, 0.25) is 0 Å². The molecule has 0 saturated carbocycles. The first-order chi connectivity index (χ1) is 18.6. The standard InChI is InChI=1S/C26H30N8O2S2.2CH3/c1-31-13-15-37-25(31)29-27-21-7-5-19(17-23(21)35-3)33-9-11-34(12-10-33)20-6-8-22(24(18-20)36-4)28-30-26-32(2)14-16-38-26;;/h5-8,13-18H,9-12H2,1-4H3;2*1H3/q+2;2*-1. The lowest BCUT2D eigenvalue weighted by Crippen LogP contribution is -2.46. The number of rotatable bonds is 8. The molecular weight excluding hydrogens is 544 g/mol. The van der Waals surface area contributed by atoms with Crippen LogP contribution in [-0.4, -0.2) is 40.4 Å². The molecule has 1 fully saturated rings. The molecule has 1 aliphatic heterocycles. The van der Waals surface area contributed by atoms with E-state index in [1.165, 1.54) is 0 Å². The van der Waals surface area contributed by atoms with Crippen LogP contribution in [0, 0.1) is 14.9 Å². The Morgan fingerprint density at radius 1 is 0.650 bits per heavy atom. The maximum Gasteiger partial charge on any atom is 0.408 e. The summed E-state index contributed by atoms with van der Waals surface area (Å²) < 4.78 is 15.1. The maximum absolute atomic E-state index is 5.63. The molecule has 12 heteroatoms. The molecule has 0 spiro atoms. The fourth-order valence-electron chi connectivity index (χ4n) is 4.15. The van der Waals surface area contributed by atoms with Gasteiger partial charge in [-0.1, -0.05) is 0 Å². The number of ether oxygens (including phenoxy) is 2. The number of aryl methyl sites for hydroxylation is 2. The van der Waals surface area contributed by atoms with Gasteiger partial charge in [-0.15, -0.1) is 0 Å². The number of thiazole rings is 2. The second kappa shape index (κ2) is 13.9. The van der Waals surface area contributed by atoms with Crippen molar-refractivity contribution in [1.29, 1.82) is 0 Å². The third-order valence-corrected chi connectivity index (χ3v) is 8.02. The zero-order valence-electron chi connectivity index (χ0n) is 23.8. The molecule has 4 aromatic rings.